The van der Waals surface area contributed by atoms with Crippen LogP contribution < -0.4 is 4.74 Å². The summed E-state index contributed by atoms with van der Waals surface area (Å²) in [4.78, 5) is 22.7. The SMILES string of the molecule is O=C1CC[C@H](/C=C/CCOc2cccc(Br)c2)[C@H]1CC=C=CCC(O)(O)C(=O)O. The molecule has 29 heavy (non-hydrogen) atoms. The monoisotopic (exact) mass is 464 g/mol. The van der Waals surface area contributed by atoms with Gasteiger partial charge in [-0.1, -0.05) is 34.1 Å². The zero-order valence-corrected chi connectivity index (χ0v) is 17.5. The van der Waals surface area contributed by atoms with Gasteiger partial charge in [0, 0.05) is 23.2 Å². The van der Waals surface area contributed by atoms with Crippen molar-refractivity contribution in [3.8, 4) is 5.75 Å². The molecule has 1 fully saturated rings. The number of aliphatic hydroxyl groups is 2. The van der Waals surface area contributed by atoms with E-state index < -0.39 is 18.2 Å². The van der Waals surface area contributed by atoms with Crippen LogP contribution in [0.5, 0.6) is 5.75 Å². The van der Waals surface area contributed by atoms with E-state index in [1.807, 2.05) is 30.3 Å². The van der Waals surface area contributed by atoms with Gasteiger partial charge in [0.05, 0.1) is 6.61 Å². The lowest BCUT2D eigenvalue weighted by Crippen LogP contribution is -2.37. The van der Waals surface area contributed by atoms with E-state index in [1.54, 1.807) is 6.08 Å². The Morgan fingerprint density at radius 3 is 2.86 bits per heavy atom. The third-order valence-electron chi connectivity index (χ3n) is 4.72. The van der Waals surface area contributed by atoms with Crippen LogP contribution in [-0.2, 0) is 9.59 Å². The number of allylic oxidation sites excluding steroid dienone is 1. The third-order valence-corrected chi connectivity index (χ3v) is 5.22. The van der Waals surface area contributed by atoms with Gasteiger partial charge in [0.1, 0.15) is 11.5 Å². The number of benzene rings is 1. The molecule has 2 atom stereocenters. The highest BCUT2D eigenvalue weighted by Gasteiger charge is 2.32. The summed E-state index contributed by atoms with van der Waals surface area (Å²) in [5.41, 5.74) is 2.73. The van der Waals surface area contributed by atoms with Gasteiger partial charge in [-0.05, 0) is 55.5 Å². The Labute approximate surface area is 178 Å². The van der Waals surface area contributed by atoms with Crippen molar-refractivity contribution in [1.82, 2.24) is 0 Å². The Morgan fingerprint density at radius 1 is 1.34 bits per heavy atom. The summed E-state index contributed by atoms with van der Waals surface area (Å²) < 4.78 is 6.65. The second-order valence-electron chi connectivity index (χ2n) is 6.93. The lowest BCUT2D eigenvalue weighted by Gasteiger charge is -2.13. The molecule has 1 aliphatic carbocycles. The molecular weight excluding hydrogens is 440 g/mol. The van der Waals surface area contributed by atoms with Crippen LogP contribution in [0, 0.1) is 11.8 Å². The van der Waals surface area contributed by atoms with Gasteiger partial charge in [0.2, 0.25) is 0 Å². The Morgan fingerprint density at radius 2 is 2.14 bits per heavy atom. The summed E-state index contributed by atoms with van der Waals surface area (Å²) in [5, 5.41) is 27.0. The zero-order valence-electron chi connectivity index (χ0n) is 16.0. The first-order chi connectivity index (χ1) is 13.8. The van der Waals surface area contributed by atoms with E-state index in [-0.39, 0.29) is 17.6 Å². The number of carboxylic acids is 1. The van der Waals surface area contributed by atoms with Gasteiger partial charge in [-0.25, -0.2) is 4.79 Å². The summed E-state index contributed by atoms with van der Waals surface area (Å²) in [5.74, 6) is -3.49. The van der Waals surface area contributed by atoms with Crippen molar-refractivity contribution in [2.24, 2.45) is 11.8 Å². The largest absolute Gasteiger partial charge is 0.493 e. The van der Waals surface area contributed by atoms with E-state index in [0.29, 0.717) is 19.4 Å². The quantitative estimate of drug-likeness (QED) is 0.211. The minimum atomic E-state index is -2.80. The van der Waals surface area contributed by atoms with Gasteiger partial charge in [-0.3, -0.25) is 4.79 Å². The maximum absolute atomic E-state index is 12.1. The Hall–Kier alpha value is -2.18. The number of rotatable bonds is 10. The maximum Gasteiger partial charge on any atom is 0.364 e. The van der Waals surface area contributed by atoms with E-state index in [2.05, 4.69) is 27.7 Å². The summed E-state index contributed by atoms with van der Waals surface area (Å²) >= 11 is 3.40. The minimum absolute atomic E-state index is 0.134. The average molecular weight is 465 g/mol. The fraction of sp³-hybridized carbons (Fsp3) is 0.409. The summed E-state index contributed by atoms with van der Waals surface area (Å²) in [6.07, 6.45) is 9.08. The van der Waals surface area contributed by atoms with E-state index in [1.165, 1.54) is 6.08 Å². The van der Waals surface area contributed by atoms with Crippen LogP contribution in [0.3, 0.4) is 0 Å². The number of ether oxygens (including phenoxy) is 1. The predicted molar refractivity (Wildman–Crippen MR) is 111 cm³/mol. The summed E-state index contributed by atoms with van der Waals surface area (Å²) in [7, 11) is 0. The lowest BCUT2D eigenvalue weighted by molar-refractivity contribution is -0.201. The molecule has 0 saturated heterocycles. The molecule has 1 aliphatic rings. The van der Waals surface area contributed by atoms with Gasteiger partial charge in [-0.2, -0.15) is 0 Å². The highest BCUT2D eigenvalue weighted by atomic mass is 79.9. The van der Waals surface area contributed by atoms with Gasteiger partial charge in [-0.15, -0.1) is 5.73 Å². The predicted octanol–water partition coefficient (Wildman–Crippen LogP) is 3.63. The second-order valence-corrected chi connectivity index (χ2v) is 7.85. The number of ketones is 1. The molecule has 0 aliphatic heterocycles. The van der Waals surface area contributed by atoms with Crippen LogP contribution >= 0.6 is 15.9 Å². The molecule has 3 N–H and O–H groups in total. The van der Waals surface area contributed by atoms with Crippen molar-refractivity contribution < 1.29 is 29.6 Å². The molecule has 0 spiro atoms. The van der Waals surface area contributed by atoms with Gasteiger partial charge < -0.3 is 20.1 Å². The normalized spacial score (nSPS) is 19.2. The van der Waals surface area contributed by atoms with Crippen molar-refractivity contribution >= 4 is 27.7 Å². The number of aliphatic carboxylic acids is 1. The third kappa shape index (κ3) is 7.63. The second kappa shape index (κ2) is 11.1. The molecule has 0 radical (unpaired) electrons. The fourth-order valence-corrected chi connectivity index (χ4v) is 3.49. The average Bonchev–Trinajstić information content (AvgIpc) is 3.01. The topological polar surface area (TPSA) is 104 Å². The van der Waals surface area contributed by atoms with Crippen LogP contribution in [0.25, 0.3) is 0 Å². The zero-order chi connectivity index (χ0) is 21.3. The van der Waals surface area contributed by atoms with Gasteiger partial charge in [0.15, 0.2) is 0 Å². The smallest absolute Gasteiger partial charge is 0.364 e. The van der Waals surface area contributed by atoms with Crippen molar-refractivity contribution in [2.45, 2.75) is 37.9 Å². The van der Waals surface area contributed by atoms with Crippen LogP contribution in [0.4, 0.5) is 0 Å². The molecule has 1 aromatic rings. The first-order valence-corrected chi connectivity index (χ1v) is 10.2. The molecule has 0 unspecified atom stereocenters. The van der Waals surface area contributed by atoms with Crippen LogP contribution in [0.15, 0.2) is 58.8 Å². The number of hydrogen-bond acceptors (Lipinski definition) is 5. The molecule has 0 bridgehead atoms. The number of carbonyl (C=O) groups is 2. The molecule has 2 rings (SSSR count). The molecule has 6 nitrogen and oxygen atoms in total. The Bertz CT molecular complexity index is 807. The molecule has 7 heteroatoms. The first kappa shape index (κ1) is 23.1. The fourth-order valence-electron chi connectivity index (χ4n) is 3.11. The van der Waals surface area contributed by atoms with E-state index in [4.69, 9.17) is 9.84 Å². The maximum atomic E-state index is 12.1. The minimum Gasteiger partial charge on any atom is -0.493 e. The van der Waals surface area contributed by atoms with Crippen molar-refractivity contribution in [2.75, 3.05) is 6.61 Å². The number of Topliss-reactive ketones (excluding diaryl/α,β-unsaturated/α-hetero) is 1. The first-order valence-electron chi connectivity index (χ1n) is 9.45. The summed E-state index contributed by atoms with van der Waals surface area (Å²) in [6.45, 7) is 0.550. The van der Waals surface area contributed by atoms with Crippen LogP contribution in [-0.4, -0.2) is 39.5 Å². The Kier molecular flexibility index (Phi) is 8.86. The van der Waals surface area contributed by atoms with Crippen molar-refractivity contribution in [3.63, 3.8) is 0 Å². The van der Waals surface area contributed by atoms with Crippen LogP contribution in [0.1, 0.15) is 32.1 Å². The number of halogens is 1. The number of carbonyl (C=O) groups excluding carboxylic acids is 1. The molecule has 156 valence electrons. The lowest BCUT2D eigenvalue weighted by atomic mass is 9.91. The molecule has 1 aromatic carbocycles. The van der Waals surface area contributed by atoms with Crippen LogP contribution in [0.2, 0.25) is 0 Å². The molecule has 0 heterocycles. The molecule has 0 amide bonds. The number of carboxylic acid groups (broad SMARTS) is 1. The van der Waals surface area contributed by atoms with E-state index in [0.717, 1.165) is 23.1 Å². The highest BCUT2D eigenvalue weighted by molar-refractivity contribution is 9.10. The molecule has 1 saturated carbocycles. The van der Waals surface area contributed by atoms with Crippen molar-refractivity contribution in [1.29, 1.82) is 0 Å². The van der Waals surface area contributed by atoms with Crippen molar-refractivity contribution in [3.05, 3.63) is 58.8 Å². The molecule has 0 aromatic heterocycles. The van der Waals surface area contributed by atoms with E-state index >= 15 is 0 Å². The number of hydrogen-bond donors (Lipinski definition) is 3. The van der Waals surface area contributed by atoms with E-state index in [9.17, 15) is 19.8 Å². The highest BCUT2D eigenvalue weighted by Crippen LogP contribution is 2.32. The summed E-state index contributed by atoms with van der Waals surface area (Å²) in [6, 6.07) is 7.65. The standard InChI is InChI=1S/C22H25BrO6/c23-17-8-6-9-18(15-17)29-14-5-3-7-16-11-12-20(24)19(16)10-2-1-4-13-22(27,28)21(25)26/h2-4,6-9,15-16,19,27-28H,5,10-14H2,(H,25,26)/b7-3+/t1?,16-,19+/m0/s1. The van der Waals surface area contributed by atoms with Gasteiger partial charge in [0.25, 0.3) is 5.79 Å². The Balaban J connectivity index is 1.79. The molecular formula is C22H25BrO6. The van der Waals surface area contributed by atoms with Gasteiger partial charge >= 0.3 is 5.97 Å².